The third-order valence-electron chi connectivity index (χ3n) is 3.24. The number of nitrogens with zero attached hydrogens (tertiary/aromatic N) is 2. The number of amides is 1. The van der Waals surface area contributed by atoms with E-state index in [0.29, 0.717) is 17.4 Å². The van der Waals surface area contributed by atoms with Crippen molar-refractivity contribution in [2.24, 2.45) is 5.92 Å². The zero-order valence-corrected chi connectivity index (χ0v) is 11.6. The number of aromatic nitrogens is 1. The zero-order chi connectivity index (χ0) is 12.3. The van der Waals surface area contributed by atoms with E-state index >= 15 is 0 Å². The first kappa shape index (κ1) is 15.0. The molecule has 6 heteroatoms. The summed E-state index contributed by atoms with van der Waals surface area (Å²) in [5.74, 6) is 1.35. The van der Waals surface area contributed by atoms with Gasteiger partial charge in [0.25, 0.3) is 5.91 Å². The van der Waals surface area contributed by atoms with Crippen LogP contribution < -0.4 is 5.32 Å². The highest BCUT2D eigenvalue weighted by atomic mass is 35.5. The van der Waals surface area contributed by atoms with E-state index in [-0.39, 0.29) is 18.3 Å². The molecule has 0 aliphatic carbocycles. The third-order valence-corrected chi connectivity index (χ3v) is 3.24. The van der Waals surface area contributed by atoms with Gasteiger partial charge in [-0.05, 0) is 39.3 Å². The average molecular weight is 274 g/mol. The second-order valence-electron chi connectivity index (χ2n) is 4.62. The van der Waals surface area contributed by atoms with Crippen LogP contribution in [0.15, 0.2) is 10.6 Å². The van der Waals surface area contributed by atoms with Crippen molar-refractivity contribution in [2.75, 3.05) is 26.7 Å². The van der Waals surface area contributed by atoms with Crippen LogP contribution in [0.1, 0.15) is 29.1 Å². The first-order chi connectivity index (χ1) is 8.20. The van der Waals surface area contributed by atoms with Crippen LogP contribution in [0.2, 0.25) is 0 Å². The highest BCUT2D eigenvalue weighted by Gasteiger charge is 2.24. The van der Waals surface area contributed by atoms with Gasteiger partial charge in [0.1, 0.15) is 5.76 Å². The number of rotatable bonds is 3. The molecule has 0 aromatic carbocycles. The predicted octanol–water partition coefficient (Wildman–Crippen LogP) is 1.48. The van der Waals surface area contributed by atoms with E-state index < -0.39 is 0 Å². The van der Waals surface area contributed by atoms with Crippen LogP contribution in [0.5, 0.6) is 0 Å². The Morgan fingerprint density at radius 3 is 2.72 bits per heavy atom. The first-order valence-electron chi connectivity index (χ1n) is 6.08. The Labute approximate surface area is 113 Å². The van der Waals surface area contributed by atoms with Crippen LogP contribution in [0.3, 0.4) is 0 Å². The topological polar surface area (TPSA) is 58.4 Å². The molecule has 0 radical (unpaired) electrons. The fourth-order valence-corrected chi connectivity index (χ4v) is 2.26. The summed E-state index contributed by atoms with van der Waals surface area (Å²) in [7, 11) is 1.97. The maximum Gasteiger partial charge on any atom is 0.276 e. The van der Waals surface area contributed by atoms with Crippen molar-refractivity contribution >= 4 is 18.3 Å². The van der Waals surface area contributed by atoms with Crippen LogP contribution >= 0.6 is 12.4 Å². The summed E-state index contributed by atoms with van der Waals surface area (Å²) >= 11 is 0. The molecule has 1 N–H and O–H groups in total. The van der Waals surface area contributed by atoms with Crippen LogP contribution in [-0.2, 0) is 0 Å². The molecule has 1 aliphatic rings. The number of hydrogen-bond donors (Lipinski definition) is 1. The van der Waals surface area contributed by atoms with Gasteiger partial charge in [0.2, 0.25) is 0 Å². The molecule has 5 nitrogen and oxygen atoms in total. The van der Waals surface area contributed by atoms with Gasteiger partial charge in [0.05, 0.1) is 0 Å². The molecule has 0 spiro atoms. The Balaban J connectivity index is 0.00000162. The molecule has 1 saturated heterocycles. The molecule has 18 heavy (non-hydrogen) atoms. The van der Waals surface area contributed by atoms with Gasteiger partial charge in [-0.1, -0.05) is 5.16 Å². The highest BCUT2D eigenvalue weighted by molar-refractivity contribution is 5.92. The number of hydrogen-bond acceptors (Lipinski definition) is 4. The molecule has 1 aliphatic heterocycles. The molecule has 1 aromatic heterocycles. The minimum absolute atomic E-state index is 0. The summed E-state index contributed by atoms with van der Waals surface area (Å²) in [5.41, 5.74) is 0.426. The van der Waals surface area contributed by atoms with E-state index in [4.69, 9.17) is 4.52 Å². The molecule has 102 valence electrons. The normalized spacial score (nSPS) is 16.4. The standard InChI is InChI=1S/C12H19N3O2.ClH/c1-9-7-11(14-17-9)12(16)15-5-3-10(4-6-15)8-13-2;/h7,10,13H,3-6,8H2,1-2H3;1H. The van der Waals surface area contributed by atoms with Crippen molar-refractivity contribution in [3.05, 3.63) is 17.5 Å². The van der Waals surface area contributed by atoms with E-state index in [1.54, 1.807) is 13.0 Å². The second-order valence-corrected chi connectivity index (χ2v) is 4.62. The largest absolute Gasteiger partial charge is 0.361 e. The first-order valence-corrected chi connectivity index (χ1v) is 6.08. The van der Waals surface area contributed by atoms with Gasteiger partial charge >= 0.3 is 0 Å². The van der Waals surface area contributed by atoms with Crippen LogP contribution in [0.4, 0.5) is 0 Å². The van der Waals surface area contributed by atoms with E-state index in [1.165, 1.54) is 0 Å². The molecule has 2 heterocycles. The Morgan fingerprint density at radius 2 is 2.22 bits per heavy atom. The molecule has 1 aromatic rings. The van der Waals surface area contributed by atoms with E-state index in [2.05, 4.69) is 10.5 Å². The monoisotopic (exact) mass is 273 g/mol. The summed E-state index contributed by atoms with van der Waals surface area (Å²) in [6.07, 6.45) is 2.12. The quantitative estimate of drug-likeness (QED) is 0.906. The van der Waals surface area contributed by atoms with Gasteiger partial charge < -0.3 is 14.7 Å². The van der Waals surface area contributed by atoms with Gasteiger partial charge in [-0.3, -0.25) is 4.79 Å². The number of halogens is 1. The van der Waals surface area contributed by atoms with Crippen LogP contribution in [0.25, 0.3) is 0 Å². The van der Waals surface area contributed by atoms with Gasteiger partial charge in [-0.15, -0.1) is 12.4 Å². The lowest BCUT2D eigenvalue weighted by atomic mass is 9.96. The minimum Gasteiger partial charge on any atom is -0.361 e. The SMILES string of the molecule is CNCC1CCN(C(=O)c2cc(C)on2)CC1.Cl. The van der Waals surface area contributed by atoms with Crippen molar-refractivity contribution in [3.63, 3.8) is 0 Å². The molecule has 0 saturated carbocycles. The molecular formula is C12H20ClN3O2. The van der Waals surface area contributed by atoms with E-state index in [9.17, 15) is 4.79 Å². The molecule has 1 fully saturated rings. The number of aryl methyl sites for hydroxylation is 1. The summed E-state index contributed by atoms with van der Waals surface area (Å²) in [6, 6.07) is 1.70. The molecule has 0 bridgehead atoms. The minimum atomic E-state index is -0.00948. The molecule has 0 atom stereocenters. The van der Waals surface area contributed by atoms with Crippen LogP contribution in [-0.4, -0.2) is 42.6 Å². The van der Waals surface area contributed by atoms with Crippen molar-refractivity contribution in [1.82, 2.24) is 15.4 Å². The molecule has 0 unspecified atom stereocenters. The Morgan fingerprint density at radius 1 is 1.56 bits per heavy atom. The Kier molecular flexibility index (Phi) is 5.62. The number of carbonyl (C=O) groups excluding carboxylic acids is 1. The van der Waals surface area contributed by atoms with Crippen molar-refractivity contribution < 1.29 is 9.32 Å². The number of likely N-dealkylation sites (tertiary alicyclic amines) is 1. The average Bonchev–Trinajstić information content (AvgIpc) is 2.76. The van der Waals surface area contributed by atoms with E-state index in [1.807, 2.05) is 11.9 Å². The highest BCUT2D eigenvalue weighted by Crippen LogP contribution is 2.18. The second kappa shape index (κ2) is 6.75. The summed E-state index contributed by atoms with van der Waals surface area (Å²) in [5, 5.41) is 6.95. The fraction of sp³-hybridized carbons (Fsp3) is 0.667. The van der Waals surface area contributed by atoms with Gasteiger partial charge in [-0.25, -0.2) is 0 Å². The fourth-order valence-electron chi connectivity index (χ4n) is 2.26. The molecule has 2 rings (SSSR count). The lowest BCUT2D eigenvalue weighted by molar-refractivity contribution is 0.0680. The lowest BCUT2D eigenvalue weighted by Gasteiger charge is -2.31. The summed E-state index contributed by atoms with van der Waals surface area (Å²) in [6.45, 7) is 4.46. The maximum atomic E-state index is 12.1. The Bertz CT molecular complexity index is 386. The van der Waals surface area contributed by atoms with Crippen LogP contribution in [0, 0.1) is 12.8 Å². The predicted molar refractivity (Wildman–Crippen MR) is 71.0 cm³/mol. The number of piperidine rings is 1. The smallest absolute Gasteiger partial charge is 0.276 e. The van der Waals surface area contributed by atoms with E-state index in [0.717, 1.165) is 32.5 Å². The van der Waals surface area contributed by atoms with Crippen molar-refractivity contribution in [3.8, 4) is 0 Å². The third kappa shape index (κ3) is 3.46. The summed E-state index contributed by atoms with van der Waals surface area (Å²) < 4.78 is 4.93. The molecular weight excluding hydrogens is 254 g/mol. The van der Waals surface area contributed by atoms with Gasteiger partial charge in [0, 0.05) is 19.2 Å². The number of nitrogens with one attached hydrogen (secondary N) is 1. The van der Waals surface area contributed by atoms with Gasteiger partial charge in [0.15, 0.2) is 5.69 Å². The maximum absolute atomic E-state index is 12.1. The number of carbonyl (C=O) groups is 1. The lowest BCUT2D eigenvalue weighted by Crippen LogP contribution is -2.40. The summed E-state index contributed by atoms with van der Waals surface area (Å²) in [4.78, 5) is 13.9. The Hall–Kier alpha value is -1.07. The van der Waals surface area contributed by atoms with Gasteiger partial charge in [-0.2, -0.15) is 0 Å². The van der Waals surface area contributed by atoms with Crippen molar-refractivity contribution in [2.45, 2.75) is 19.8 Å². The molecule has 1 amide bonds. The van der Waals surface area contributed by atoms with Crippen molar-refractivity contribution in [1.29, 1.82) is 0 Å². The zero-order valence-electron chi connectivity index (χ0n) is 10.8.